The smallest absolute Gasteiger partial charge is 0.255 e. The maximum atomic E-state index is 12.6. The fourth-order valence-corrected chi connectivity index (χ4v) is 2.90. The van der Waals surface area contributed by atoms with Gasteiger partial charge >= 0.3 is 0 Å². The number of halogens is 2. The van der Waals surface area contributed by atoms with Crippen LogP contribution in [0, 0.1) is 3.57 Å². The van der Waals surface area contributed by atoms with Crippen LogP contribution in [0.25, 0.3) is 0 Å². The van der Waals surface area contributed by atoms with Crippen molar-refractivity contribution in [2.45, 2.75) is 25.3 Å². The van der Waals surface area contributed by atoms with Crippen molar-refractivity contribution in [2.24, 2.45) is 5.73 Å². The van der Waals surface area contributed by atoms with E-state index in [2.05, 4.69) is 38.5 Å². The van der Waals surface area contributed by atoms with Crippen molar-refractivity contribution in [3.63, 3.8) is 0 Å². The third-order valence-electron chi connectivity index (χ3n) is 3.01. The number of nitrogens with two attached hydrogens (primary N) is 1. The lowest BCUT2D eigenvalue weighted by atomic mass is 10.2. The molecule has 0 aromatic heterocycles. The molecule has 6 heteroatoms. The first-order valence-corrected chi connectivity index (χ1v) is 8.31. The second kappa shape index (κ2) is 6.49. The summed E-state index contributed by atoms with van der Waals surface area (Å²) in [6.45, 7) is 0.613. The molecule has 1 amide bonds. The summed E-state index contributed by atoms with van der Waals surface area (Å²) in [5.74, 6) is 0.0736. The number of rotatable bonds is 5. The minimum absolute atomic E-state index is 0.0736. The van der Waals surface area contributed by atoms with E-state index in [1.807, 2.05) is 23.1 Å². The zero-order chi connectivity index (χ0) is 14.0. The second-order valence-corrected chi connectivity index (χ2v) is 7.17. The lowest BCUT2D eigenvalue weighted by Crippen LogP contribution is -2.36. The lowest BCUT2D eigenvalue weighted by molar-refractivity contribution is 0.0747. The molecular formula is C13H14BrIN2OS. The summed E-state index contributed by atoms with van der Waals surface area (Å²) in [5, 5.41) is 0. The highest BCUT2D eigenvalue weighted by Gasteiger charge is 2.33. The van der Waals surface area contributed by atoms with Gasteiger partial charge in [0.1, 0.15) is 0 Å². The standard InChI is InChI=1S/C13H14BrIN2OS/c14-8-1-4-11(15)10(7-8)13(18)17(9-2-3-9)6-5-12(16)19/h1,4,7,9H,2-3,5-6H2,(H2,16,19). The molecule has 0 aliphatic heterocycles. The van der Waals surface area contributed by atoms with Gasteiger partial charge in [-0.25, -0.2) is 0 Å². The van der Waals surface area contributed by atoms with E-state index in [9.17, 15) is 4.79 Å². The fraction of sp³-hybridized carbons (Fsp3) is 0.385. The molecule has 2 N–H and O–H groups in total. The van der Waals surface area contributed by atoms with Crippen molar-refractivity contribution < 1.29 is 4.79 Å². The zero-order valence-electron chi connectivity index (χ0n) is 10.2. The summed E-state index contributed by atoms with van der Waals surface area (Å²) in [6, 6.07) is 6.11. The Kier molecular flexibility index (Phi) is 5.19. The monoisotopic (exact) mass is 452 g/mol. The van der Waals surface area contributed by atoms with Crippen molar-refractivity contribution in [3.05, 3.63) is 31.8 Å². The third kappa shape index (κ3) is 4.13. The Morgan fingerprint density at radius 1 is 1.53 bits per heavy atom. The van der Waals surface area contributed by atoms with Gasteiger partial charge in [-0.05, 0) is 53.6 Å². The van der Waals surface area contributed by atoms with Crippen LogP contribution in [0.1, 0.15) is 29.6 Å². The highest BCUT2D eigenvalue weighted by molar-refractivity contribution is 14.1. The van der Waals surface area contributed by atoms with E-state index in [1.165, 1.54) is 0 Å². The number of carbonyl (C=O) groups excluding carboxylic acids is 1. The molecule has 0 bridgehead atoms. The maximum absolute atomic E-state index is 12.6. The Morgan fingerprint density at radius 3 is 2.79 bits per heavy atom. The average Bonchev–Trinajstić information content (AvgIpc) is 3.16. The summed E-state index contributed by atoms with van der Waals surface area (Å²) in [6.07, 6.45) is 2.74. The fourth-order valence-electron chi connectivity index (χ4n) is 1.88. The molecular weight excluding hydrogens is 439 g/mol. The first-order chi connectivity index (χ1) is 8.99. The van der Waals surface area contributed by atoms with E-state index in [0.29, 0.717) is 24.0 Å². The number of nitrogens with zero attached hydrogens (tertiary/aromatic N) is 1. The maximum Gasteiger partial charge on any atom is 0.255 e. The lowest BCUT2D eigenvalue weighted by Gasteiger charge is -2.23. The Labute approximate surface area is 140 Å². The van der Waals surface area contributed by atoms with Gasteiger partial charge in [0, 0.05) is 27.1 Å². The summed E-state index contributed by atoms with van der Waals surface area (Å²) < 4.78 is 1.88. The second-order valence-electron chi connectivity index (χ2n) is 4.57. The van der Waals surface area contributed by atoms with Crippen LogP contribution in [0.15, 0.2) is 22.7 Å². The SMILES string of the molecule is NC(=S)CCN(C(=O)c1cc(Br)ccc1I)C1CC1. The predicted octanol–water partition coefficient (Wildman–Crippen LogP) is 3.33. The van der Waals surface area contributed by atoms with Crippen LogP contribution in [-0.4, -0.2) is 28.4 Å². The average molecular weight is 453 g/mol. The molecule has 1 aromatic rings. The molecule has 1 saturated carbocycles. The van der Waals surface area contributed by atoms with Crippen LogP contribution in [0.2, 0.25) is 0 Å². The van der Waals surface area contributed by atoms with Crippen LogP contribution >= 0.6 is 50.7 Å². The van der Waals surface area contributed by atoms with Gasteiger partial charge in [-0.3, -0.25) is 4.79 Å². The van der Waals surface area contributed by atoms with Gasteiger partial charge in [0.05, 0.1) is 10.6 Å². The molecule has 0 radical (unpaired) electrons. The van der Waals surface area contributed by atoms with Crippen LogP contribution in [-0.2, 0) is 0 Å². The van der Waals surface area contributed by atoms with Crippen molar-refractivity contribution in [1.29, 1.82) is 0 Å². The van der Waals surface area contributed by atoms with E-state index >= 15 is 0 Å². The largest absolute Gasteiger partial charge is 0.393 e. The van der Waals surface area contributed by atoms with E-state index in [1.54, 1.807) is 0 Å². The van der Waals surface area contributed by atoms with Gasteiger partial charge in [0.2, 0.25) is 0 Å². The van der Waals surface area contributed by atoms with Crippen LogP contribution < -0.4 is 5.73 Å². The Bertz CT molecular complexity index is 519. The summed E-state index contributed by atoms with van der Waals surface area (Å²) in [7, 11) is 0. The predicted molar refractivity (Wildman–Crippen MR) is 92.3 cm³/mol. The molecule has 1 aliphatic rings. The molecule has 1 aliphatic carbocycles. The molecule has 2 rings (SSSR count). The molecule has 0 saturated heterocycles. The highest BCUT2D eigenvalue weighted by atomic mass is 127. The van der Waals surface area contributed by atoms with Crippen molar-refractivity contribution in [3.8, 4) is 0 Å². The number of benzene rings is 1. The Hall–Kier alpha value is -0.210. The van der Waals surface area contributed by atoms with E-state index < -0.39 is 0 Å². The minimum atomic E-state index is 0.0736. The topological polar surface area (TPSA) is 46.3 Å². The first-order valence-electron chi connectivity index (χ1n) is 6.03. The van der Waals surface area contributed by atoms with Crippen LogP contribution in [0.3, 0.4) is 0 Å². The minimum Gasteiger partial charge on any atom is -0.393 e. The van der Waals surface area contributed by atoms with E-state index in [-0.39, 0.29) is 5.91 Å². The quantitative estimate of drug-likeness (QED) is 0.550. The van der Waals surface area contributed by atoms with Gasteiger partial charge in [-0.2, -0.15) is 0 Å². The van der Waals surface area contributed by atoms with Gasteiger partial charge in [0.15, 0.2) is 0 Å². The number of carbonyl (C=O) groups is 1. The van der Waals surface area contributed by atoms with Crippen molar-refractivity contribution >= 4 is 61.6 Å². The van der Waals surface area contributed by atoms with Gasteiger partial charge in [-0.15, -0.1) is 0 Å². The molecule has 102 valence electrons. The van der Waals surface area contributed by atoms with Gasteiger partial charge in [0.25, 0.3) is 5.91 Å². The first kappa shape index (κ1) is 15.2. The Balaban J connectivity index is 2.18. The third-order valence-corrected chi connectivity index (χ3v) is 4.64. The van der Waals surface area contributed by atoms with Crippen molar-refractivity contribution in [1.82, 2.24) is 4.90 Å². The van der Waals surface area contributed by atoms with Gasteiger partial charge in [-0.1, -0.05) is 28.1 Å². The number of hydrogen-bond acceptors (Lipinski definition) is 2. The summed E-state index contributed by atoms with van der Waals surface area (Å²) >= 11 is 10.5. The molecule has 1 aromatic carbocycles. The zero-order valence-corrected chi connectivity index (χ0v) is 14.8. The number of amides is 1. The van der Waals surface area contributed by atoms with Gasteiger partial charge < -0.3 is 10.6 Å². The number of thiocarbonyl (C=S) groups is 1. The molecule has 0 spiro atoms. The summed E-state index contributed by atoms with van der Waals surface area (Å²) in [5.41, 5.74) is 6.28. The molecule has 0 unspecified atom stereocenters. The highest BCUT2D eigenvalue weighted by Crippen LogP contribution is 2.30. The molecule has 0 heterocycles. The molecule has 3 nitrogen and oxygen atoms in total. The van der Waals surface area contributed by atoms with Crippen LogP contribution in [0.4, 0.5) is 0 Å². The molecule has 0 atom stereocenters. The Morgan fingerprint density at radius 2 is 2.21 bits per heavy atom. The van der Waals surface area contributed by atoms with E-state index in [0.717, 1.165) is 26.4 Å². The number of hydrogen-bond donors (Lipinski definition) is 1. The van der Waals surface area contributed by atoms with Crippen molar-refractivity contribution in [2.75, 3.05) is 6.54 Å². The molecule has 1 fully saturated rings. The molecule has 19 heavy (non-hydrogen) atoms. The summed E-state index contributed by atoms with van der Waals surface area (Å²) in [4.78, 5) is 15.0. The van der Waals surface area contributed by atoms with E-state index in [4.69, 9.17) is 18.0 Å². The van der Waals surface area contributed by atoms with Crippen LogP contribution in [0.5, 0.6) is 0 Å². The normalized spacial score (nSPS) is 14.2.